The van der Waals surface area contributed by atoms with E-state index in [4.69, 9.17) is 4.74 Å². The van der Waals surface area contributed by atoms with Crippen LogP contribution in [0.5, 0.6) is 0 Å². The van der Waals surface area contributed by atoms with Gasteiger partial charge < -0.3 is 4.74 Å². The molecule has 4 heteroatoms. The van der Waals surface area contributed by atoms with Crippen molar-refractivity contribution in [3.05, 3.63) is 53.9 Å². The highest BCUT2D eigenvalue weighted by molar-refractivity contribution is 5.94. The molecule has 4 nitrogen and oxygen atoms in total. The monoisotopic (exact) mass is 269 g/mol. The highest BCUT2D eigenvalue weighted by Gasteiger charge is 2.23. The number of benzene rings is 1. The number of rotatable bonds is 4. The Bertz CT molecular complexity index is 601. The molecule has 0 saturated heterocycles. The molecule has 1 aromatic carbocycles. The predicted octanol–water partition coefficient (Wildman–Crippen LogP) is 2.73. The maximum atomic E-state index is 5.67. The first-order chi connectivity index (χ1) is 9.72. The van der Waals surface area contributed by atoms with Crippen LogP contribution in [-0.2, 0) is 11.3 Å². The van der Waals surface area contributed by atoms with Gasteiger partial charge in [0.05, 0.1) is 24.3 Å². The average molecular weight is 269 g/mol. The first-order valence-electron chi connectivity index (χ1n) is 7.00. The minimum atomic E-state index is 0.266. The van der Waals surface area contributed by atoms with Gasteiger partial charge >= 0.3 is 0 Å². The summed E-state index contributed by atoms with van der Waals surface area (Å²) in [4.78, 5) is 4.62. The normalized spacial score (nSPS) is 18.1. The van der Waals surface area contributed by atoms with E-state index in [1.165, 1.54) is 5.56 Å². The van der Waals surface area contributed by atoms with Crippen LogP contribution >= 0.6 is 0 Å². The maximum absolute atomic E-state index is 5.67. The summed E-state index contributed by atoms with van der Waals surface area (Å²) in [5, 5.41) is 4.38. The number of hydrogen-bond donors (Lipinski definition) is 0. The zero-order valence-electron chi connectivity index (χ0n) is 11.9. The van der Waals surface area contributed by atoms with E-state index >= 15 is 0 Å². The Balaban J connectivity index is 1.73. The van der Waals surface area contributed by atoms with Crippen LogP contribution in [0.2, 0.25) is 0 Å². The number of nitrogens with zero attached hydrogens (tertiary/aromatic N) is 3. The van der Waals surface area contributed by atoms with Crippen molar-refractivity contribution in [1.82, 2.24) is 9.78 Å². The molecule has 0 amide bonds. The first-order valence-corrected chi connectivity index (χ1v) is 7.00. The topological polar surface area (TPSA) is 39.4 Å². The van der Waals surface area contributed by atoms with Crippen molar-refractivity contribution in [3.63, 3.8) is 0 Å². The summed E-state index contributed by atoms with van der Waals surface area (Å²) in [5.74, 6) is 1.23. The molecule has 0 spiro atoms. The molecule has 1 atom stereocenters. The third-order valence-electron chi connectivity index (χ3n) is 3.51. The van der Waals surface area contributed by atoms with Crippen molar-refractivity contribution < 1.29 is 4.74 Å². The molecule has 1 aromatic heterocycles. The molecule has 104 valence electrons. The van der Waals surface area contributed by atoms with Gasteiger partial charge in [-0.25, -0.2) is 4.99 Å². The third-order valence-corrected chi connectivity index (χ3v) is 3.51. The predicted molar refractivity (Wildman–Crippen MR) is 78.9 cm³/mol. The zero-order chi connectivity index (χ0) is 13.9. The average Bonchev–Trinajstić information content (AvgIpc) is 3.08. The van der Waals surface area contributed by atoms with Gasteiger partial charge in [-0.2, -0.15) is 5.10 Å². The molecule has 1 aliphatic heterocycles. The van der Waals surface area contributed by atoms with Crippen molar-refractivity contribution in [1.29, 1.82) is 0 Å². The van der Waals surface area contributed by atoms with E-state index in [1.807, 2.05) is 35.3 Å². The molecule has 0 unspecified atom stereocenters. The molecule has 0 N–H and O–H groups in total. The van der Waals surface area contributed by atoms with Gasteiger partial charge in [0.15, 0.2) is 0 Å². The molecule has 2 heterocycles. The van der Waals surface area contributed by atoms with Gasteiger partial charge in [-0.1, -0.05) is 44.2 Å². The molecule has 0 radical (unpaired) electrons. The van der Waals surface area contributed by atoms with Gasteiger partial charge in [-0.3, -0.25) is 4.68 Å². The summed E-state index contributed by atoms with van der Waals surface area (Å²) < 4.78 is 7.59. The molecule has 1 aliphatic rings. The van der Waals surface area contributed by atoms with E-state index in [1.54, 1.807) is 0 Å². The van der Waals surface area contributed by atoms with Crippen LogP contribution in [0.4, 0.5) is 0 Å². The second-order valence-corrected chi connectivity index (χ2v) is 5.47. The summed E-state index contributed by atoms with van der Waals surface area (Å²) in [7, 11) is 0. The first kappa shape index (κ1) is 12.9. The molecule has 0 aliphatic carbocycles. The standard InChI is InChI=1S/C16H19N3O/c1-12(2)15-11-20-16(18-15)14-8-17-19(10-14)9-13-6-4-3-5-7-13/h3-8,10,12,15H,9,11H2,1-2H3/t15-/m1/s1. The summed E-state index contributed by atoms with van der Waals surface area (Å²) in [6.45, 7) is 5.77. The lowest BCUT2D eigenvalue weighted by Gasteiger charge is -2.06. The minimum absolute atomic E-state index is 0.266. The van der Waals surface area contributed by atoms with Crippen molar-refractivity contribution >= 4 is 5.90 Å². The van der Waals surface area contributed by atoms with Gasteiger partial charge in [0.25, 0.3) is 0 Å². The van der Waals surface area contributed by atoms with Crippen LogP contribution in [0.1, 0.15) is 25.0 Å². The number of aliphatic imine (C=N–C) groups is 1. The Labute approximate surface area is 119 Å². The second kappa shape index (κ2) is 5.49. The Morgan fingerprint density at radius 1 is 1.30 bits per heavy atom. The van der Waals surface area contributed by atoms with Crippen molar-refractivity contribution in [3.8, 4) is 0 Å². The van der Waals surface area contributed by atoms with Crippen LogP contribution < -0.4 is 0 Å². The lowest BCUT2D eigenvalue weighted by atomic mass is 10.1. The van der Waals surface area contributed by atoms with E-state index in [2.05, 4.69) is 36.1 Å². The zero-order valence-corrected chi connectivity index (χ0v) is 11.9. The van der Waals surface area contributed by atoms with E-state index < -0.39 is 0 Å². The lowest BCUT2D eigenvalue weighted by Crippen LogP contribution is -2.13. The van der Waals surface area contributed by atoms with Gasteiger partial charge in [0.1, 0.15) is 6.61 Å². The smallest absolute Gasteiger partial charge is 0.219 e. The van der Waals surface area contributed by atoms with Gasteiger partial charge in [-0.15, -0.1) is 0 Å². The number of aromatic nitrogens is 2. The lowest BCUT2D eigenvalue weighted by molar-refractivity contribution is 0.292. The molecule has 3 rings (SSSR count). The van der Waals surface area contributed by atoms with Crippen molar-refractivity contribution in [2.75, 3.05) is 6.61 Å². The van der Waals surface area contributed by atoms with E-state index in [0.29, 0.717) is 12.5 Å². The number of ether oxygens (including phenoxy) is 1. The molecule has 20 heavy (non-hydrogen) atoms. The van der Waals surface area contributed by atoms with Gasteiger partial charge in [0, 0.05) is 6.20 Å². The molecule has 0 bridgehead atoms. The second-order valence-electron chi connectivity index (χ2n) is 5.47. The van der Waals surface area contributed by atoms with E-state index in [0.717, 1.165) is 18.0 Å². The summed E-state index contributed by atoms with van der Waals surface area (Å²) >= 11 is 0. The van der Waals surface area contributed by atoms with Crippen LogP contribution in [0.25, 0.3) is 0 Å². The molecule has 2 aromatic rings. The highest BCUT2D eigenvalue weighted by atomic mass is 16.5. The van der Waals surface area contributed by atoms with Crippen LogP contribution in [0.15, 0.2) is 47.7 Å². The number of hydrogen-bond acceptors (Lipinski definition) is 3. The minimum Gasteiger partial charge on any atom is -0.475 e. The van der Waals surface area contributed by atoms with Crippen molar-refractivity contribution in [2.24, 2.45) is 10.9 Å². The Hall–Kier alpha value is -2.10. The van der Waals surface area contributed by atoms with Crippen LogP contribution in [0.3, 0.4) is 0 Å². The molecular formula is C16H19N3O. The summed E-state index contributed by atoms with van der Waals surface area (Å²) in [6, 6.07) is 10.6. The largest absolute Gasteiger partial charge is 0.475 e. The van der Waals surface area contributed by atoms with Crippen molar-refractivity contribution in [2.45, 2.75) is 26.4 Å². The van der Waals surface area contributed by atoms with Crippen LogP contribution in [-0.4, -0.2) is 28.3 Å². The Kier molecular flexibility index (Phi) is 3.54. The quantitative estimate of drug-likeness (QED) is 0.856. The van der Waals surface area contributed by atoms with Gasteiger partial charge in [-0.05, 0) is 11.5 Å². The Morgan fingerprint density at radius 3 is 2.80 bits per heavy atom. The Morgan fingerprint density at radius 2 is 2.10 bits per heavy atom. The molecule has 0 fully saturated rings. The van der Waals surface area contributed by atoms with Gasteiger partial charge in [0.2, 0.25) is 5.90 Å². The summed E-state index contributed by atoms with van der Waals surface area (Å²) in [5.41, 5.74) is 2.19. The fourth-order valence-electron chi connectivity index (χ4n) is 2.22. The maximum Gasteiger partial charge on any atom is 0.219 e. The van der Waals surface area contributed by atoms with E-state index in [-0.39, 0.29) is 6.04 Å². The highest BCUT2D eigenvalue weighted by Crippen LogP contribution is 2.17. The molecular weight excluding hydrogens is 250 g/mol. The fraction of sp³-hybridized carbons (Fsp3) is 0.375. The SMILES string of the molecule is CC(C)[C@H]1COC(c2cnn(Cc3ccccc3)c2)=N1. The molecule has 0 saturated carbocycles. The van der Waals surface area contributed by atoms with E-state index in [9.17, 15) is 0 Å². The summed E-state index contributed by atoms with van der Waals surface area (Å²) in [6.07, 6.45) is 3.82. The fourth-order valence-corrected chi connectivity index (χ4v) is 2.22. The third kappa shape index (κ3) is 2.74. The van der Waals surface area contributed by atoms with Crippen LogP contribution in [0, 0.1) is 5.92 Å².